The van der Waals surface area contributed by atoms with Crippen molar-refractivity contribution in [3.8, 4) is 5.75 Å². The number of hydrogen-bond donors (Lipinski definition) is 0. The Morgan fingerprint density at radius 3 is 2.88 bits per heavy atom. The highest BCUT2D eigenvalue weighted by Crippen LogP contribution is 2.36. The molecule has 0 atom stereocenters. The zero-order chi connectivity index (χ0) is 17.1. The Hall–Kier alpha value is -2.00. The van der Waals surface area contributed by atoms with E-state index in [0.717, 1.165) is 37.8 Å². The molecule has 0 saturated heterocycles. The number of nitrogens with zero attached hydrogens (tertiary/aromatic N) is 1. The van der Waals surface area contributed by atoms with Gasteiger partial charge < -0.3 is 14.4 Å². The fourth-order valence-electron chi connectivity index (χ4n) is 3.62. The Kier molecular flexibility index (Phi) is 4.93. The normalized spacial score (nSPS) is 17.6. The molecule has 0 N–H and O–H groups in total. The van der Waals surface area contributed by atoms with Gasteiger partial charge in [0.05, 0.1) is 19.8 Å². The smallest absolute Gasteiger partial charge is 0.121 e. The summed E-state index contributed by atoms with van der Waals surface area (Å²) in [4.78, 5) is 2.37. The maximum Gasteiger partial charge on any atom is 0.121 e. The van der Waals surface area contributed by atoms with Crippen LogP contribution in [-0.2, 0) is 17.6 Å². The second kappa shape index (κ2) is 7.49. The van der Waals surface area contributed by atoms with Gasteiger partial charge >= 0.3 is 0 Å². The van der Waals surface area contributed by atoms with Crippen LogP contribution in [0.2, 0.25) is 0 Å². The predicted octanol–water partition coefficient (Wildman–Crippen LogP) is 4.75. The lowest BCUT2D eigenvalue weighted by molar-refractivity contribution is 0.142. The molecule has 0 radical (unpaired) electrons. The molecule has 25 heavy (non-hydrogen) atoms. The van der Waals surface area contributed by atoms with Gasteiger partial charge in [-0.2, -0.15) is 0 Å². The van der Waals surface area contributed by atoms with Crippen LogP contribution in [0.3, 0.4) is 0 Å². The number of fused-ring (bicyclic) bond motifs is 1. The molecule has 2 aliphatic rings. The van der Waals surface area contributed by atoms with Crippen LogP contribution in [0.25, 0.3) is 0 Å². The van der Waals surface area contributed by atoms with Gasteiger partial charge in [-0.05, 0) is 67.9 Å². The van der Waals surface area contributed by atoms with E-state index in [-0.39, 0.29) is 0 Å². The molecule has 0 bridgehead atoms. The van der Waals surface area contributed by atoms with E-state index in [0.29, 0.717) is 6.61 Å². The summed E-state index contributed by atoms with van der Waals surface area (Å²) < 4.78 is 11.5. The SMILES string of the molecule is CCOc1cccc(N2CCOCCc3cc(CC4CC4)ccc32)c1. The van der Waals surface area contributed by atoms with E-state index in [2.05, 4.69) is 41.3 Å². The van der Waals surface area contributed by atoms with Crippen molar-refractivity contribution in [1.82, 2.24) is 0 Å². The number of hydrogen-bond acceptors (Lipinski definition) is 3. The predicted molar refractivity (Wildman–Crippen MR) is 102 cm³/mol. The Labute approximate surface area is 150 Å². The van der Waals surface area contributed by atoms with Gasteiger partial charge in [-0.15, -0.1) is 0 Å². The first-order valence-electron chi connectivity index (χ1n) is 9.53. The summed E-state index contributed by atoms with van der Waals surface area (Å²) in [5.74, 6) is 1.84. The van der Waals surface area contributed by atoms with Crippen molar-refractivity contribution >= 4 is 11.4 Å². The lowest BCUT2D eigenvalue weighted by atomic mass is 10.0. The van der Waals surface area contributed by atoms with E-state index in [1.165, 1.54) is 41.8 Å². The summed E-state index contributed by atoms with van der Waals surface area (Å²) in [7, 11) is 0. The zero-order valence-electron chi connectivity index (χ0n) is 15.0. The first kappa shape index (κ1) is 16.5. The van der Waals surface area contributed by atoms with E-state index in [9.17, 15) is 0 Å². The highest BCUT2D eigenvalue weighted by Gasteiger charge is 2.23. The van der Waals surface area contributed by atoms with Crippen LogP contribution in [0.4, 0.5) is 11.4 Å². The van der Waals surface area contributed by atoms with Crippen LogP contribution in [0.15, 0.2) is 42.5 Å². The Morgan fingerprint density at radius 1 is 1.12 bits per heavy atom. The van der Waals surface area contributed by atoms with Crippen molar-refractivity contribution in [2.45, 2.75) is 32.6 Å². The molecular formula is C22H27NO2. The fourth-order valence-corrected chi connectivity index (χ4v) is 3.62. The quantitative estimate of drug-likeness (QED) is 0.786. The third kappa shape index (κ3) is 3.98. The van der Waals surface area contributed by atoms with Crippen molar-refractivity contribution in [3.05, 3.63) is 53.6 Å². The second-order valence-corrected chi connectivity index (χ2v) is 7.05. The molecule has 0 spiro atoms. The Balaban J connectivity index is 1.67. The van der Waals surface area contributed by atoms with Gasteiger partial charge in [-0.25, -0.2) is 0 Å². The summed E-state index contributed by atoms with van der Waals surface area (Å²) in [5, 5.41) is 0. The molecule has 1 heterocycles. The molecule has 1 fully saturated rings. The molecule has 132 valence electrons. The zero-order valence-corrected chi connectivity index (χ0v) is 15.0. The third-order valence-electron chi connectivity index (χ3n) is 5.07. The first-order valence-corrected chi connectivity index (χ1v) is 9.53. The van der Waals surface area contributed by atoms with Crippen LogP contribution in [-0.4, -0.2) is 26.4 Å². The summed E-state index contributed by atoms with van der Waals surface area (Å²) in [6.45, 7) is 5.14. The minimum Gasteiger partial charge on any atom is -0.494 e. The minimum atomic E-state index is 0.688. The molecule has 3 heteroatoms. The van der Waals surface area contributed by atoms with Crippen LogP contribution < -0.4 is 9.64 Å². The summed E-state index contributed by atoms with van der Waals surface area (Å²) in [6.07, 6.45) is 5.01. The number of ether oxygens (including phenoxy) is 2. The number of anilines is 2. The number of rotatable bonds is 5. The molecule has 3 nitrogen and oxygen atoms in total. The minimum absolute atomic E-state index is 0.688. The lowest BCUT2D eigenvalue weighted by Gasteiger charge is -2.30. The summed E-state index contributed by atoms with van der Waals surface area (Å²) in [5.41, 5.74) is 5.37. The van der Waals surface area contributed by atoms with Gasteiger partial charge in [0.1, 0.15) is 5.75 Å². The van der Waals surface area contributed by atoms with Crippen molar-refractivity contribution in [2.75, 3.05) is 31.3 Å². The Bertz CT molecular complexity index is 724. The molecule has 1 aliphatic heterocycles. The molecular weight excluding hydrogens is 310 g/mol. The van der Waals surface area contributed by atoms with Crippen molar-refractivity contribution in [2.24, 2.45) is 5.92 Å². The third-order valence-corrected chi connectivity index (χ3v) is 5.07. The van der Waals surface area contributed by atoms with Crippen LogP contribution in [0.1, 0.15) is 30.9 Å². The van der Waals surface area contributed by atoms with Crippen molar-refractivity contribution in [1.29, 1.82) is 0 Å². The molecule has 0 amide bonds. The van der Waals surface area contributed by atoms with Gasteiger partial charge in [0, 0.05) is 24.0 Å². The van der Waals surface area contributed by atoms with E-state index in [1.807, 2.05) is 13.0 Å². The lowest BCUT2D eigenvalue weighted by Crippen LogP contribution is -2.26. The van der Waals surface area contributed by atoms with Gasteiger partial charge in [-0.3, -0.25) is 0 Å². The van der Waals surface area contributed by atoms with Crippen molar-refractivity contribution < 1.29 is 9.47 Å². The van der Waals surface area contributed by atoms with E-state index < -0.39 is 0 Å². The van der Waals surface area contributed by atoms with E-state index in [1.54, 1.807) is 0 Å². The standard InChI is InChI=1S/C22H27NO2/c1-2-25-21-5-3-4-20(16-21)23-11-13-24-12-10-19-15-18(8-9-22(19)23)14-17-6-7-17/h3-5,8-9,15-17H,2,6-7,10-14H2,1H3. The largest absolute Gasteiger partial charge is 0.494 e. The topological polar surface area (TPSA) is 21.7 Å². The monoisotopic (exact) mass is 337 g/mol. The molecule has 4 rings (SSSR count). The van der Waals surface area contributed by atoms with Gasteiger partial charge in [0.15, 0.2) is 0 Å². The Morgan fingerprint density at radius 2 is 2.04 bits per heavy atom. The molecule has 0 aromatic heterocycles. The second-order valence-electron chi connectivity index (χ2n) is 7.05. The molecule has 0 unspecified atom stereocenters. The van der Waals surface area contributed by atoms with Crippen LogP contribution in [0.5, 0.6) is 5.75 Å². The summed E-state index contributed by atoms with van der Waals surface area (Å²) in [6, 6.07) is 15.4. The maximum atomic E-state index is 5.82. The molecule has 1 saturated carbocycles. The highest BCUT2D eigenvalue weighted by atomic mass is 16.5. The highest BCUT2D eigenvalue weighted by molar-refractivity contribution is 5.68. The van der Waals surface area contributed by atoms with Gasteiger partial charge in [-0.1, -0.05) is 18.2 Å². The van der Waals surface area contributed by atoms with Crippen molar-refractivity contribution in [3.63, 3.8) is 0 Å². The van der Waals surface area contributed by atoms with Crippen LogP contribution in [0, 0.1) is 5.92 Å². The van der Waals surface area contributed by atoms with E-state index in [4.69, 9.17) is 9.47 Å². The summed E-state index contributed by atoms with van der Waals surface area (Å²) >= 11 is 0. The fraction of sp³-hybridized carbons (Fsp3) is 0.455. The molecule has 2 aromatic rings. The first-order chi connectivity index (χ1) is 12.3. The van der Waals surface area contributed by atoms with Gasteiger partial charge in [0.25, 0.3) is 0 Å². The molecule has 1 aliphatic carbocycles. The van der Waals surface area contributed by atoms with Gasteiger partial charge in [0.2, 0.25) is 0 Å². The average molecular weight is 337 g/mol. The van der Waals surface area contributed by atoms with Crippen LogP contribution >= 0.6 is 0 Å². The van der Waals surface area contributed by atoms with E-state index >= 15 is 0 Å². The number of benzene rings is 2. The maximum absolute atomic E-state index is 5.82. The molecule has 2 aromatic carbocycles. The average Bonchev–Trinajstić information content (AvgIpc) is 3.41.